The van der Waals surface area contributed by atoms with Gasteiger partial charge in [-0.3, -0.25) is 0 Å². The summed E-state index contributed by atoms with van der Waals surface area (Å²) in [5, 5.41) is 3.56. The average Bonchev–Trinajstić information content (AvgIpc) is 2.78. The number of halogens is 1. The molecule has 1 aromatic heterocycles. The third-order valence-corrected chi connectivity index (χ3v) is 3.61. The van der Waals surface area contributed by atoms with Crippen LogP contribution in [0.4, 0.5) is 0 Å². The van der Waals surface area contributed by atoms with E-state index in [0.717, 1.165) is 23.2 Å². The van der Waals surface area contributed by atoms with E-state index in [1.807, 2.05) is 6.07 Å². The number of hydrogen-bond donors (Lipinski definition) is 1. The van der Waals surface area contributed by atoms with Crippen LogP contribution in [0.15, 0.2) is 45.7 Å². The third kappa shape index (κ3) is 3.03. The average molecular weight is 308 g/mol. The summed E-state index contributed by atoms with van der Waals surface area (Å²) in [7, 11) is 0. The van der Waals surface area contributed by atoms with Gasteiger partial charge in [0, 0.05) is 5.56 Å². The lowest BCUT2D eigenvalue weighted by atomic mass is 10.00. The number of furan rings is 1. The molecule has 2 nitrogen and oxygen atoms in total. The first-order chi connectivity index (χ1) is 8.72. The summed E-state index contributed by atoms with van der Waals surface area (Å²) in [6, 6.07) is 10.8. The van der Waals surface area contributed by atoms with Crippen molar-refractivity contribution in [3.63, 3.8) is 0 Å². The molecule has 0 aliphatic carbocycles. The largest absolute Gasteiger partial charge is 0.457 e. The minimum absolute atomic E-state index is 0.179. The number of benzene rings is 1. The Morgan fingerprint density at radius 3 is 2.50 bits per heavy atom. The highest BCUT2D eigenvalue weighted by atomic mass is 79.9. The van der Waals surface area contributed by atoms with Crippen molar-refractivity contribution < 1.29 is 4.42 Å². The monoisotopic (exact) mass is 307 g/mol. The maximum absolute atomic E-state index is 5.35. The van der Waals surface area contributed by atoms with E-state index < -0.39 is 0 Å². The SMILES string of the molecule is CCCNC(c1ccc(C)cc1)c1ccoc1Br. The van der Waals surface area contributed by atoms with Gasteiger partial charge >= 0.3 is 0 Å². The van der Waals surface area contributed by atoms with Crippen molar-refractivity contribution in [3.8, 4) is 0 Å². The lowest BCUT2D eigenvalue weighted by Gasteiger charge is -2.18. The molecular formula is C15H18BrNO. The van der Waals surface area contributed by atoms with Gasteiger partial charge in [0.25, 0.3) is 0 Å². The molecule has 0 fully saturated rings. The Hall–Kier alpha value is -1.06. The predicted molar refractivity (Wildman–Crippen MR) is 77.7 cm³/mol. The zero-order valence-corrected chi connectivity index (χ0v) is 12.3. The minimum Gasteiger partial charge on any atom is -0.457 e. The standard InChI is InChI=1S/C15H18BrNO/c1-3-9-17-14(13-8-10-18-15(13)16)12-6-4-11(2)5-7-12/h4-8,10,14,17H,3,9H2,1-2H3. The Morgan fingerprint density at radius 2 is 1.94 bits per heavy atom. The number of rotatable bonds is 5. The van der Waals surface area contributed by atoms with Gasteiger partial charge in [-0.15, -0.1) is 0 Å². The zero-order chi connectivity index (χ0) is 13.0. The van der Waals surface area contributed by atoms with Crippen molar-refractivity contribution in [2.45, 2.75) is 26.3 Å². The highest BCUT2D eigenvalue weighted by Crippen LogP contribution is 2.29. The van der Waals surface area contributed by atoms with Crippen LogP contribution in [0, 0.1) is 6.92 Å². The molecule has 0 aliphatic rings. The second kappa shape index (κ2) is 6.21. The summed E-state index contributed by atoms with van der Waals surface area (Å²) in [4.78, 5) is 0. The van der Waals surface area contributed by atoms with E-state index in [1.54, 1.807) is 6.26 Å². The normalized spacial score (nSPS) is 12.6. The van der Waals surface area contributed by atoms with E-state index in [9.17, 15) is 0 Å². The van der Waals surface area contributed by atoms with E-state index >= 15 is 0 Å². The summed E-state index contributed by atoms with van der Waals surface area (Å²) < 4.78 is 6.15. The lowest BCUT2D eigenvalue weighted by Crippen LogP contribution is -2.23. The van der Waals surface area contributed by atoms with Crippen LogP contribution < -0.4 is 5.32 Å². The maximum Gasteiger partial charge on any atom is 0.174 e. The number of nitrogens with one attached hydrogen (secondary N) is 1. The lowest BCUT2D eigenvalue weighted by molar-refractivity contribution is 0.523. The van der Waals surface area contributed by atoms with Gasteiger partial charge in [0.05, 0.1) is 12.3 Å². The van der Waals surface area contributed by atoms with E-state index in [1.165, 1.54) is 11.1 Å². The molecule has 0 saturated carbocycles. The Balaban J connectivity index is 2.30. The molecular weight excluding hydrogens is 290 g/mol. The van der Waals surface area contributed by atoms with Crippen molar-refractivity contribution in [1.82, 2.24) is 5.32 Å². The fourth-order valence-corrected chi connectivity index (χ4v) is 2.43. The van der Waals surface area contributed by atoms with Gasteiger partial charge in [-0.1, -0.05) is 36.8 Å². The quantitative estimate of drug-likeness (QED) is 0.883. The number of aryl methyl sites for hydroxylation is 1. The van der Waals surface area contributed by atoms with Gasteiger partial charge in [-0.05, 0) is 47.4 Å². The molecule has 2 rings (SSSR count). The first-order valence-electron chi connectivity index (χ1n) is 6.25. The molecule has 2 aromatic rings. The van der Waals surface area contributed by atoms with Crippen molar-refractivity contribution in [2.24, 2.45) is 0 Å². The Kier molecular flexibility index (Phi) is 4.61. The second-order valence-corrected chi connectivity index (χ2v) is 5.17. The van der Waals surface area contributed by atoms with Gasteiger partial charge in [-0.25, -0.2) is 0 Å². The fourth-order valence-electron chi connectivity index (χ4n) is 1.97. The molecule has 1 atom stereocenters. The molecule has 1 N–H and O–H groups in total. The van der Waals surface area contributed by atoms with Crippen LogP contribution in [0.25, 0.3) is 0 Å². The highest BCUT2D eigenvalue weighted by Gasteiger charge is 2.17. The number of hydrogen-bond acceptors (Lipinski definition) is 2. The van der Waals surface area contributed by atoms with Crippen molar-refractivity contribution in [2.75, 3.05) is 6.54 Å². The van der Waals surface area contributed by atoms with Crippen molar-refractivity contribution >= 4 is 15.9 Å². The predicted octanol–water partition coefficient (Wildman–Crippen LogP) is 4.44. The van der Waals surface area contributed by atoms with Crippen LogP contribution in [0.5, 0.6) is 0 Å². The molecule has 0 aliphatic heterocycles. The Labute approximate surface area is 117 Å². The zero-order valence-electron chi connectivity index (χ0n) is 10.7. The van der Waals surface area contributed by atoms with Crippen LogP contribution in [-0.2, 0) is 0 Å². The molecule has 1 unspecified atom stereocenters. The summed E-state index contributed by atoms with van der Waals surface area (Å²) in [5.41, 5.74) is 3.68. The fraction of sp³-hybridized carbons (Fsp3) is 0.333. The molecule has 0 bridgehead atoms. The molecule has 96 valence electrons. The molecule has 0 amide bonds. The molecule has 1 aromatic carbocycles. The molecule has 0 saturated heterocycles. The summed E-state index contributed by atoms with van der Waals surface area (Å²) in [6.45, 7) is 5.26. The first kappa shape index (κ1) is 13.4. The molecule has 3 heteroatoms. The molecule has 18 heavy (non-hydrogen) atoms. The van der Waals surface area contributed by atoms with Gasteiger partial charge < -0.3 is 9.73 Å². The first-order valence-corrected chi connectivity index (χ1v) is 7.04. The van der Waals surface area contributed by atoms with Gasteiger partial charge in [0.2, 0.25) is 0 Å². The van der Waals surface area contributed by atoms with Crippen molar-refractivity contribution in [3.05, 3.63) is 58.0 Å². The van der Waals surface area contributed by atoms with E-state index in [2.05, 4.69) is 59.4 Å². The van der Waals surface area contributed by atoms with Crippen LogP contribution in [0.1, 0.15) is 36.1 Å². The minimum atomic E-state index is 0.179. The Bertz CT molecular complexity index is 489. The van der Waals surface area contributed by atoms with Crippen LogP contribution in [0.3, 0.4) is 0 Å². The second-order valence-electron chi connectivity index (χ2n) is 4.45. The van der Waals surface area contributed by atoms with Gasteiger partial charge in [0.1, 0.15) is 0 Å². The van der Waals surface area contributed by atoms with Crippen LogP contribution in [0.2, 0.25) is 0 Å². The Morgan fingerprint density at radius 1 is 1.22 bits per heavy atom. The summed E-state index contributed by atoms with van der Waals surface area (Å²) in [5.74, 6) is 0. The summed E-state index contributed by atoms with van der Waals surface area (Å²) >= 11 is 3.46. The smallest absolute Gasteiger partial charge is 0.174 e. The molecule has 1 heterocycles. The molecule has 0 radical (unpaired) electrons. The van der Waals surface area contributed by atoms with Gasteiger partial charge in [-0.2, -0.15) is 0 Å². The van der Waals surface area contributed by atoms with Crippen LogP contribution in [-0.4, -0.2) is 6.54 Å². The topological polar surface area (TPSA) is 25.2 Å². The third-order valence-electron chi connectivity index (χ3n) is 2.97. The van der Waals surface area contributed by atoms with E-state index in [-0.39, 0.29) is 6.04 Å². The van der Waals surface area contributed by atoms with Gasteiger partial charge in [0.15, 0.2) is 4.67 Å². The summed E-state index contributed by atoms with van der Waals surface area (Å²) in [6.07, 6.45) is 2.83. The highest BCUT2D eigenvalue weighted by molar-refractivity contribution is 9.10. The van der Waals surface area contributed by atoms with Crippen molar-refractivity contribution in [1.29, 1.82) is 0 Å². The maximum atomic E-state index is 5.35. The van der Waals surface area contributed by atoms with E-state index in [0.29, 0.717) is 0 Å². The van der Waals surface area contributed by atoms with Crippen LogP contribution >= 0.6 is 15.9 Å². The molecule has 0 spiro atoms. The van der Waals surface area contributed by atoms with E-state index in [4.69, 9.17) is 4.42 Å².